The smallest absolute Gasteiger partial charge is 0.225 e. The summed E-state index contributed by atoms with van der Waals surface area (Å²) in [4.78, 5) is 12.1. The molecule has 0 saturated carbocycles. The first-order valence-electron chi connectivity index (χ1n) is 7.18. The predicted molar refractivity (Wildman–Crippen MR) is 77.1 cm³/mol. The lowest BCUT2D eigenvalue weighted by Gasteiger charge is -2.23. The number of fused-ring (bicyclic) bond motifs is 1. The van der Waals surface area contributed by atoms with Crippen LogP contribution < -0.4 is 5.32 Å². The molecule has 0 radical (unpaired) electrons. The summed E-state index contributed by atoms with van der Waals surface area (Å²) in [5, 5.41) is 7.26. The van der Waals surface area contributed by atoms with Crippen molar-refractivity contribution < 1.29 is 9.18 Å². The Bertz CT molecular complexity index is 665. The average Bonchev–Trinajstić information content (AvgIpc) is 2.84. The van der Waals surface area contributed by atoms with Gasteiger partial charge in [0.2, 0.25) is 5.91 Å². The standard InChI is InChI=1S/C16H18FN3O/c1-20-15-8-4-7-14(12(15)10-18-20)19-16(21)9-11-5-2-3-6-13(11)17/h2-3,5-6,10,14H,4,7-9H2,1H3,(H,19,21). The SMILES string of the molecule is Cn1ncc2c1CCCC2NC(=O)Cc1ccccc1F. The van der Waals surface area contributed by atoms with E-state index in [-0.39, 0.29) is 24.2 Å². The van der Waals surface area contributed by atoms with Crippen LogP contribution in [0, 0.1) is 5.82 Å². The van der Waals surface area contributed by atoms with Crippen molar-refractivity contribution in [2.24, 2.45) is 7.05 Å². The number of hydrogen-bond donors (Lipinski definition) is 1. The number of carbonyl (C=O) groups excluding carboxylic acids is 1. The molecular weight excluding hydrogens is 269 g/mol. The van der Waals surface area contributed by atoms with Crippen molar-refractivity contribution in [3.63, 3.8) is 0 Å². The summed E-state index contributed by atoms with van der Waals surface area (Å²) < 4.78 is 15.4. The lowest BCUT2D eigenvalue weighted by Crippen LogP contribution is -2.32. The fourth-order valence-corrected chi connectivity index (χ4v) is 2.92. The molecule has 1 aromatic carbocycles. The third-order valence-electron chi connectivity index (χ3n) is 4.02. The summed E-state index contributed by atoms with van der Waals surface area (Å²) in [6.07, 6.45) is 4.81. The van der Waals surface area contributed by atoms with Gasteiger partial charge in [0.05, 0.1) is 18.7 Å². The van der Waals surface area contributed by atoms with Crippen LogP contribution in [0.15, 0.2) is 30.5 Å². The van der Waals surface area contributed by atoms with Crippen LogP contribution >= 0.6 is 0 Å². The molecule has 4 nitrogen and oxygen atoms in total. The Balaban J connectivity index is 1.70. The molecule has 110 valence electrons. The van der Waals surface area contributed by atoms with Crippen molar-refractivity contribution in [2.75, 3.05) is 0 Å². The fourth-order valence-electron chi connectivity index (χ4n) is 2.92. The van der Waals surface area contributed by atoms with Crippen LogP contribution in [0.2, 0.25) is 0 Å². The minimum atomic E-state index is -0.335. The minimum Gasteiger partial charge on any atom is -0.349 e. The second-order valence-electron chi connectivity index (χ2n) is 5.45. The molecule has 1 aromatic heterocycles. The predicted octanol–water partition coefficient (Wildman–Crippen LogP) is 2.30. The van der Waals surface area contributed by atoms with E-state index in [9.17, 15) is 9.18 Å². The van der Waals surface area contributed by atoms with Gasteiger partial charge in [0.15, 0.2) is 0 Å². The molecule has 3 rings (SSSR count). The maximum absolute atomic E-state index is 13.6. The zero-order valence-electron chi connectivity index (χ0n) is 12.0. The lowest BCUT2D eigenvalue weighted by atomic mass is 9.93. The van der Waals surface area contributed by atoms with Gasteiger partial charge in [-0.2, -0.15) is 5.10 Å². The molecule has 0 saturated heterocycles. The molecule has 2 aromatic rings. The van der Waals surface area contributed by atoms with Gasteiger partial charge in [-0.3, -0.25) is 9.48 Å². The Labute approximate surface area is 123 Å². The van der Waals surface area contributed by atoms with Crippen LogP contribution in [-0.4, -0.2) is 15.7 Å². The van der Waals surface area contributed by atoms with E-state index in [0.29, 0.717) is 5.56 Å². The number of aryl methyl sites for hydroxylation is 1. The van der Waals surface area contributed by atoms with E-state index >= 15 is 0 Å². The highest BCUT2D eigenvalue weighted by Gasteiger charge is 2.24. The summed E-state index contributed by atoms with van der Waals surface area (Å²) in [7, 11) is 1.92. The zero-order chi connectivity index (χ0) is 14.8. The van der Waals surface area contributed by atoms with Crippen molar-refractivity contribution in [1.29, 1.82) is 0 Å². The average molecular weight is 287 g/mol. The van der Waals surface area contributed by atoms with E-state index in [2.05, 4.69) is 10.4 Å². The summed E-state index contributed by atoms with van der Waals surface area (Å²) in [5.41, 5.74) is 2.69. The number of carbonyl (C=O) groups is 1. The second kappa shape index (κ2) is 5.68. The quantitative estimate of drug-likeness (QED) is 0.941. The summed E-state index contributed by atoms with van der Waals surface area (Å²) in [6.45, 7) is 0. The first kappa shape index (κ1) is 13.8. The summed E-state index contributed by atoms with van der Waals surface area (Å²) in [6, 6.07) is 6.38. The Morgan fingerprint density at radius 2 is 2.29 bits per heavy atom. The van der Waals surface area contributed by atoms with Crippen LogP contribution in [0.25, 0.3) is 0 Å². The molecule has 21 heavy (non-hydrogen) atoms. The molecule has 0 spiro atoms. The third-order valence-corrected chi connectivity index (χ3v) is 4.02. The number of benzene rings is 1. The molecule has 1 amide bonds. The van der Waals surface area contributed by atoms with Crippen molar-refractivity contribution in [2.45, 2.75) is 31.7 Å². The van der Waals surface area contributed by atoms with E-state index in [4.69, 9.17) is 0 Å². The molecule has 1 unspecified atom stereocenters. The minimum absolute atomic E-state index is 0.0123. The van der Waals surface area contributed by atoms with Crippen LogP contribution in [-0.2, 0) is 24.7 Å². The molecule has 0 aliphatic heterocycles. The molecule has 0 fully saturated rings. The Morgan fingerprint density at radius 3 is 3.10 bits per heavy atom. The molecule has 1 atom stereocenters. The second-order valence-corrected chi connectivity index (χ2v) is 5.45. The highest BCUT2D eigenvalue weighted by Crippen LogP contribution is 2.29. The van der Waals surface area contributed by atoms with Crippen LogP contribution in [0.1, 0.15) is 35.7 Å². The molecule has 0 bridgehead atoms. The topological polar surface area (TPSA) is 46.9 Å². The molecule has 1 aliphatic carbocycles. The van der Waals surface area contributed by atoms with Gasteiger partial charge >= 0.3 is 0 Å². The highest BCUT2D eigenvalue weighted by atomic mass is 19.1. The number of nitrogens with zero attached hydrogens (tertiary/aromatic N) is 2. The normalized spacial score (nSPS) is 17.3. The van der Waals surface area contributed by atoms with Gasteiger partial charge < -0.3 is 5.32 Å². The largest absolute Gasteiger partial charge is 0.349 e. The highest BCUT2D eigenvalue weighted by molar-refractivity contribution is 5.79. The lowest BCUT2D eigenvalue weighted by molar-refractivity contribution is -0.121. The monoisotopic (exact) mass is 287 g/mol. The van der Waals surface area contributed by atoms with E-state index in [1.807, 2.05) is 17.9 Å². The van der Waals surface area contributed by atoms with Gasteiger partial charge in [-0.25, -0.2) is 4.39 Å². The molecular formula is C16H18FN3O. The van der Waals surface area contributed by atoms with E-state index < -0.39 is 0 Å². The van der Waals surface area contributed by atoms with E-state index in [1.165, 1.54) is 11.8 Å². The first-order valence-corrected chi connectivity index (χ1v) is 7.18. The van der Waals surface area contributed by atoms with Crippen molar-refractivity contribution in [3.8, 4) is 0 Å². The molecule has 1 aliphatic rings. The molecule has 1 N–H and O–H groups in total. The van der Waals surface area contributed by atoms with Gasteiger partial charge in [-0.15, -0.1) is 0 Å². The number of rotatable bonds is 3. The van der Waals surface area contributed by atoms with Crippen molar-refractivity contribution >= 4 is 5.91 Å². The molecule has 1 heterocycles. The van der Waals surface area contributed by atoms with Gasteiger partial charge in [0.1, 0.15) is 5.82 Å². The van der Waals surface area contributed by atoms with Crippen LogP contribution in [0.4, 0.5) is 4.39 Å². The Kier molecular flexibility index (Phi) is 3.73. The zero-order valence-corrected chi connectivity index (χ0v) is 12.0. The maximum Gasteiger partial charge on any atom is 0.225 e. The number of hydrogen-bond acceptors (Lipinski definition) is 2. The van der Waals surface area contributed by atoms with Crippen molar-refractivity contribution in [3.05, 3.63) is 53.1 Å². The van der Waals surface area contributed by atoms with E-state index in [0.717, 1.165) is 24.8 Å². The van der Waals surface area contributed by atoms with Gasteiger partial charge in [-0.05, 0) is 30.9 Å². The van der Waals surface area contributed by atoms with Crippen molar-refractivity contribution in [1.82, 2.24) is 15.1 Å². The summed E-state index contributed by atoms with van der Waals surface area (Å²) >= 11 is 0. The van der Waals surface area contributed by atoms with Gasteiger partial charge in [-0.1, -0.05) is 18.2 Å². The van der Waals surface area contributed by atoms with Gasteiger partial charge in [0, 0.05) is 18.3 Å². The number of halogens is 1. The van der Waals surface area contributed by atoms with Gasteiger partial charge in [0.25, 0.3) is 0 Å². The number of nitrogens with one attached hydrogen (secondary N) is 1. The maximum atomic E-state index is 13.6. The van der Waals surface area contributed by atoms with Crippen LogP contribution in [0.5, 0.6) is 0 Å². The first-order chi connectivity index (χ1) is 10.1. The third kappa shape index (κ3) is 2.82. The number of aromatic nitrogens is 2. The van der Waals surface area contributed by atoms with E-state index in [1.54, 1.807) is 18.2 Å². The number of amides is 1. The Morgan fingerprint density at radius 1 is 1.48 bits per heavy atom. The summed E-state index contributed by atoms with van der Waals surface area (Å²) in [5.74, 6) is -0.486. The molecule has 5 heteroatoms. The Hall–Kier alpha value is -2.17. The van der Waals surface area contributed by atoms with Crippen LogP contribution in [0.3, 0.4) is 0 Å². The fraction of sp³-hybridized carbons (Fsp3) is 0.375.